The average Bonchev–Trinajstić information content (AvgIpc) is 1.82. The molecule has 0 amide bonds. The van der Waals surface area contributed by atoms with Gasteiger partial charge in [0.15, 0.2) is 0 Å². The van der Waals surface area contributed by atoms with Crippen molar-refractivity contribution in [1.82, 2.24) is 4.90 Å². The van der Waals surface area contributed by atoms with Crippen molar-refractivity contribution in [2.75, 3.05) is 20.7 Å². The van der Waals surface area contributed by atoms with Crippen LogP contribution < -0.4 is 0 Å². The maximum Gasteiger partial charge on any atom is 0.140 e. The summed E-state index contributed by atoms with van der Waals surface area (Å²) < 4.78 is 0. The molecule has 0 rings (SSSR count). The average molecular weight is 130 g/mol. The summed E-state index contributed by atoms with van der Waals surface area (Å²) in [6.07, 6.45) is 0. The lowest BCUT2D eigenvalue weighted by molar-refractivity contribution is 0.155. The van der Waals surface area contributed by atoms with E-state index in [0.717, 1.165) is 5.84 Å². The first-order valence-corrected chi connectivity index (χ1v) is 3.02. The minimum atomic E-state index is 0.630. The van der Waals surface area contributed by atoms with Gasteiger partial charge in [-0.15, -0.1) is 0 Å². The first kappa shape index (κ1) is 8.27. The lowest BCUT2D eigenvalue weighted by atomic mass is 10.6. The van der Waals surface area contributed by atoms with Crippen molar-refractivity contribution in [2.45, 2.75) is 13.8 Å². The van der Waals surface area contributed by atoms with Crippen LogP contribution in [-0.4, -0.2) is 31.4 Å². The molecule has 0 N–H and O–H groups in total. The quantitative estimate of drug-likeness (QED) is 0.315. The van der Waals surface area contributed by atoms with Crippen LogP contribution in [0.2, 0.25) is 0 Å². The third kappa shape index (κ3) is 3.82. The topological polar surface area (TPSA) is 24.8 Å². The van der Waals surface area contributed by atoms with E-state index in [2.05, 4.69) is 5.16 Å². The van der Waals surface area contributed by atoms with Crippen LogP contribution in [0, 0.1) is 0 Å². The van der Waals surface area contributed by atoms with Gasteiger partial charge >= 0.3 is 0 Å². The van der Waals surface area contributed by atoms with Crippen LogP contribution in [0.25, 0.3) is 0 Å². The van der Waals surface area contributed by atoms with Crippen LogP contribution in [0.3, 0.4) is 0 Å². The highest BCUT2D eigenvalue weighted by Crippen LogP contribution is 1.82. The zero-order valence-electron chi connectivity index (χ0n) is 6.51. The SMILES string of the molecule is CCO/N=C(\C)N(C)C. The number of amidine groups is 1. The first-order valence-electron chi connectivity index (χ1n) is 3.02. The van der Waals surface area contributed by atoms with E-state index >= 15 is 0 Å². The molecule has 0 aromatic heterocycles. The van der Waals surface area contributed by atoms with Crippen LogP contribution in [0.5, 0.6) is 0 Å². The Kier molecular flexibility index (Phi) is 3.84. The minimum Gasteiger partial charge on any atom is -0.395 e. The summed E-state index contributed by atoms with van der Waals surface area (Å²) in [7, 11) is 3.86. The fraction of sp³-hybridized carbons (Fsp3) is 0.833. The molecule has 0 radical (unpaired) electrons. The molecular formula is C6H14N2O. The number of nitrogens with zero attached hydrogens (tertiary/aromatic N) is 2. The van der Waals surface area contributed by atoms with Gasteiger partial charge in [-0.25, -0.2) is 0 Å². The summed E-state index contributed by atoms with van der Waals surface area (Å²) >= 11 is 0. The van der Waals surface area contributed by atoms with E-state index in [-0.39, 0.29) is 0 Å². The van der Waals surface area contributed by atoms with Gasteiger partial charge in [-0.05, 0) is 13.8 Å². The molecule has 0 aliphatic heterocycles. The van der Waals surface area contributed by atoms with E-state index in [9.17, 15) is 0 Å². The van der Waals surface area contributed by atoms with Gasteiger partial charge in [0, 0.05) is 14.1 Å². The Balaban J connectivity index is 3.55. The summed E-state index contributed by atoms with van der Waals surface area (Å²) in [5.41, 5.74) is 0. The smallest absolute Gasteiger partial charge is 0.140 e. The molecule has 3 nitrogen and oxygen atoms in total. The van der Waals surface area contributed by atoms with Gasteiger partial charge in [-0.1, -0.05) is 5.16 Å². The van der Waals surface area contributed by atoms with Gasteiger partial charge in [0.1, 0.15) is 12.4 Å². The Labute approximate surface area is 56.3 Å². The molecule has 0 aromatic carbocycles. The van der Waals surface area contributed by atoms with Crippen molar-refractivity contribution in [3.63, 3.8) is 0 Å². The lowest BCUT2D eigenvalue weighted by Crippen LogP contribution is -2.18. The van der Waals surface area contributed by atoms with E-state index in [1.54, 1.807) is 0 Å². The second-order valence-electron chi connectivity index (χ2n) is 1.95. The predicted octanol–water partition coefficient (Wildman–Crippen LogP) is 0.918. The first-order chi connectivity index (χ1) is 4.18. The van der Waals surface area contributed by atoms with Gasteiger partial charge in [0.2, 0.25) is 0 Å². The summed E-state index contributed by atoms with van der Waals surface area (Å²) in [6, 6.07) is 0. The maximum absolute atomic E-state index is 4.80. The fourth-order valence-corrected chi connectivity index (χ4v) is 0.240. The molecule has 0 heterocycles. The van der Waals surface area contributed by atoms with Crippen molar-refractivity contribution >= 4 is 5.84 Å². The van der Waals surface area contributed by atoms with E-state index < -0.39 is 0 Å². The van der Waals surface area contributed by atoms with E-state index in [1.165, 1.54) is 0 Å². The Morgan fingerprint density at radius 2 is 2.11 bits per heavy atom. The summed E-state index contributed by atoms with van der Waals surface area (Å²) in [5, 5.41) is 3.78. The highest BCUT2D eigenvalue weighted by Gasteiger charge is 1.90. The van der Waals surface area contributed by atoms with Crippen molar-refractivity contribution < 1.29 is 4.84 Å². The molecule has 0 bridgehead atoms. The molecule has 0 fully saturated rings. The zero-order valence-corrected chi connectivity index (χ0v) is 6.51. The number of oxime groups is 1. The lowest BCUT2D eigenvalue weighted by Gasteiger charge is -2.09. The molecule has 0 aliphatic carbocycles. The standard InChI is InChI=1S/C6H14N2O/c1-5-9-7-6(2)8(3)4/h5H2,1-4H3/b7-6+. The molecule has 54 valence electrons. The zero-order chi connectivity index (χ0) is 7.28. The van der Waals surface area contributed by atoms with E-state index in [0.29, 0.717) is 6.61 Å². The molecule has 0 atom stereocenters. The predicted molar refractivity (Wildman–Crippen MR) is 38.4 cm³/mol. The van der Waals surface area contributed by atoms with Gasteiger partial charge in [-0.3, -0.25) is 0 Å². The second-order valence-corrected chi connectivity index (χ2v) is 1.95. The number of hydrogen-bond acceptors (Lipinski definition) is 2. The van der Waals surface area contributed by atoms with Crippen molar-refractivity contribution in [3.8, 4) is 0 Å². The molecule has 0 aliphatic rings. The molecule has 3 heteroatoms. The van der Waals surface area contributed by atoms with Crippen LogP contribution in [-0.2, 0) is 4.84 Å². The normalized spacial score (nSPS) is 11.3. The largest absolute Gasteiger partial charge is 0.395 e. The summed E-state index contributed by atoms with van der Waals surface area (Å²) in [5.74, 6) is 0.886. The van der Waals surface area contributed by atoms with Crippen LogP contribution in [0.15, 0.2) is 5.16 Å². The summed E-state index contributed by atoms with van der Waals surface area (Å²) in [4.78, 5) is 6.70. The van der Waals surface area contributed by atoms with Gasteiger partial charge in [0.05, 0.1) is 0 Å². The van der Waals surface area contributed by atoms with Crippen molar-refractivity contribution in [2.24, 2.45) is 5.16 Å². The van der Waals surface area contributed by atoms with E-state index in [4.69, 9.17) is 4.84 Å². The Morgan fingerprint density at radius 1 is 1.56 bits per heavy atom. The molecule has 0 saturated heterocycles. The molecule has 0 saturated carbocycles. The minimum absolute atomic E-state index is 0.630. The van der Waals surface area contributed by atoms with Crippen molar-refractivity contribution in [1.29, 1.82) is 0 Å². The highest BCUT2D eigenvalue weighted by molar-refractivity contribution is 5.78. The molecule has 9 heavy (non-hydrogen) atoms. The number of rotatable bonds is 2. The van der Waals surface area contributed by atoms with Crippen molar-refractivity contribution in [3.05, 3.63) is 0 Å². The Morgan fingerprint density at radius 3 is 2.44 bits per heavy atom. The third-order valence-corrected chi connectivity index (χ3v) is 0.973. The second kappa shape index (κ2) is 4.18. The van der Waals surface area contributed by atoms with Gasteiger partial charge in [0.25, 0.3) is 0 Å². The van der Waals surface area contributed by atoms with E-state index in [1.807, 2.05) is 32.8 Å². The Bertz CT molecular complexity index is 99.2. The summed E-state index contributed by atoms with van der Waals surface area (Å²) in [6.45, 7) is 4.44. The highest BCUT2D eigenvalue weighted by atomic mass is 16.6. The molecule has 0 unspecified atom stereocenters. The fourth-order valence-electron chi connectivity index (χ4n) is 0.240. The Hall–Kier alpha value is -0.730. The third-order valence-electron chi connectivity index (χ3n) is 0.973. The molecular weight excluding hydrogens is 116 g/mol. The molecule has 0 spiro atoms. The van der Waals surface area contributed by atoms with Crippen LogP contribution in [0.4, 0.5) is 0 Å². The van der Waals surface area contributed by atoms with Crippen LogP contribution in [0.1, 0.15) is 13.8 Å². The molecule has 0 aromatic rings. The maximum atomic E-state index is 4.80. The van der Waals surface area contributed by atoms with Gasteiger partial charge < -0.3 is 9.74 Å². The number of hydrogen-bond donors (Lipinski definition) is 0. The monoisotopic (exact) mass is 130 g/mol. The van der Waals surface area contributed by atoms with Crippen LogP contribution >= 0.6 is 0 Å². The van der Waals surface area contributed by atoms with Gasteiger partial charge in [-0.2, -0.15) is 0 Å².